The molecule has 2 N–H and O–H groups in total. The number of carbonyl (C=O) groups is 1. The molecule has 2 aromatic carbocycles. The summed E-state index contributed by atoms with van der Waals surface area (Å²) < 4.78 is 18.5. The predicted octanol–water partition coefficient (Wildman–Crippen LogP) is 4.92. The number of nitrogens with zero attached hydrogens (tertiary/aromatic N) is 2. The number of ether oxygens (including phenoxy) is 1. The zero-order valence-corrected chi connectivity index (χ0v) is 20.7. The smallest absolute Gasteiger partial charge is 0.308 e. The van der Waals surface area contributed by atoms with Crippen LogP contribution in [-0.4, -0.2) is 52.8 Å². The first kappa shape index (κ1) is 25.9. The van der Waals surface area contributed by atoms with E-state index in [-0.39, 0.29) is 10.9 Å². The number of piperidine rings is 1. The highest BCUT2D eigenvalue weighted by Gasteiger charge is 2.34. The van der Waals surface area contributed by atoms with E-state index in [9.17, 15) is 19.4 Å². The van der Waals surface area contributed by atoms with Crippen molar-refractivity contribution < 1.29 is 24.1 Å². The number of hydrogen-bond donors (Lipinski definition) is 2. The third kappa shape index (κ3) is 6.14. The third-order valence-corrected chi connectivity index (χ3v) is 7.08. The number of aromatic nitrogens is 1. The lowest BCUT2D eigenvalue weighted by Gasteiger charge is -2.36. The Hall–Kier alpha value is -3.18. The average molecular weight is 511 g/mol. The molecular formula is C28H28ClFN2O4. The lowest BCUT2D eigenvalue weighted by Crippen LogP contribution is -2.44. The van der Waals surface area contributed by atoms with Gasteiger partial charge in [0.2, 0.25) is 0 Å². The number of halogens is 2. The normalized spacial score (nSPS) is 18.9. The van der Waals surface area contributed by atoms with Crippen molar-refractivity contribution in [2.75, 3.05) is 26.7 Å². The van der Waals surface area contributed by atoms with Crippen LogP contribution in [0.2, 0.25) is 5.02 Å². The molecule has 188 valence electrons. The Bertz CT molecular complexity index is 1310. The molecule has 2 heterocycles. The van der Waals surface area contributed by atoms with Crippen LogP contribution in [0.1, 0.15) is 36.5 Å². The first-order valence-electron chi connectivity index (χ1n) is 11.9. The van der Waals surface area contributed by atoms with Crippen LogP contribution in [0.15, 0.2) is 48.7 Å². The molecule has 0 spiro atoms. The van der Waals surface area contributed by atoms with Crippen LogP contribution in [-0.2, 0) is 4.79 Å². The minimum absolute atomic E-state index is 0.0458. The Morgan fingerprint density at radius 1 is 1.31 bits per heavy atom. The molecule has 1 fully saturated rings. The van der Waals surface area contributed by atoms with Gasteiger partial charge in [0.1, 0.15) is 11.6 Å². The Morgan fingerprint density at radius 3 is 2.89 bits per heavy atom. The van der Waals surface area contributed by atoms with Crippen molar-refractivity contribution in [1.29, 1.82) is 0 Å². The van der Waals surface area contributed by atoms with Gasteiger partial charge in [-0.1, -0.05) is 23.4 Å². The molecule has 0 aliphatic carbocycles. The minimum atomic E-state index is -0.840. The number of rotatable bonds is 7. The van der Waals surface area contributed by atoms with Gasteiger partial charge in [-0.05, 0) is 79.8 Å². The van der Waals surface area contributed by atoms with Gasteiger partial charge in [0.15, 0.2) is 0 Å². The standard InChI is InChI=1S/C28H28ClFN2O4/c1-36-21-7-8-26-23(16-21)22(10-12-31-26)27(33)9-5-18-11-14-32(17-24(18)28(34)35)13-2-3-19-4-6-20(30)15-25(19)29/h4,6-8,10,12,15-16,18,24,27,33H,5,9,11,13-14,17H2,1H3,(H,34,35)/t18-,24+,27+/m1/s1. The van der Waals surface area contributed by atoms with Crippen LogP contribution < -0.4 is 4.74 Å². The molecule has 4 rings (SSSR count). The highest BCUT2D eigenvalue weighted by molar-refractivity contribution is 6.31. The molecule has 1 aliphatic heterocycles. The van der Waals surface area contributed by atoms with Gasteiger partial charge in [-0.25, -0.2) is 4.39 Å². The van der Waals surface area contributed by atoms with E-state index in [0.29, 0.717) is 50.2 Å². The van der Waals surface area contributed by atoms with Crippen LogP contribution >= 0.6 is 11.6 Å². The van der Waals surface area contributed by atoms with E-state index in [0.717, 1.165) is 16.5 Å². The molecule has 0 bridgehead atoms. The fourth-order valence-electron chi connectivity index (χ4n) is 4.77. The van der Waals surface area contributed by atoms with Gasteiger partial charge >= 0.3 is 5.97 Å². The molecule has 8 heteroatoms. The summed E-state index contributed by atoms with van der Waals surface area (Å²) in [6, 6.07) is 11.4. The first-order chi connectivity index (χ1) is 17.4. The van der Waals surface area contributed by atoms with E-state index >= 15 is 0 Å². The monoisotopic (exact) mass is 510 g/mol. The van der Waals surface area contributed by atoms with E-state index in [1.807, 2.05) is 23.1 Å². The molecule has 1 aromatic heterocycles. The molecule has 3 atom stereocenters. The number of aliphatic carboxylic acids is 1. The summed E-state index contributed by atoms with van der Waals surface area (Å²) >= 11 is 6.02. The van der Waals surface area contributed by atoms with Gasteiger partial charge in [0.25, 0.3) is 0 Å². The largest absolute Gasteiger partial charge is 0.497 e. The van der Waals surface area contributed by atoms with Crippen LogP contribution in [0.5, 0.6) is 5.75 Å². The quantitative estimate of drug-likeness (QED) is 0.439. The maximum Gasteiger partial charge on any atom is 0.308 e. The lowest BCUT2D eigenvalue weighted by molar-refractivity contribution is -0.146. The molecular weight excluding hydrogens is 483 g/mol. The number of fused-ring (bicyclic) bond motifs is 1. The van der Waals surface area contributed by atoms with Gasteiger partial charge in [-0.2, -0.15) is 0 Å². The van der Waals surface area contributed by atoms with Crippen LogP contribution in [0.4, 0.5) is 4.39 Å². The molecule has 0 radical (unpaired) electrons. The summed E-state index contributed by atoms with van der Waals surface area (Å²) in [6.45, 7) is 1.50. The zero-order valence-electron chi connectivity index (χ0n) is 20.0. The van der Waals surface area contributed by atoms with Crippen molar-refractivity contribution >= 4 is 28.5 Å². The number of aliphatic hydroxyl groups excluding tert-OH is 1. The summed E-state index contributed by atoms with van der Waals surface area (Å²) in [5, 5.41) is 21.9. The number of aliphatic hydroxyl groups is 1. The molecule has 0 saturated carbocycles. The lowest BCUT2D eigenvalue weighted by atomic mass is 9.81. The van der Waals surface area contributed by atoms with Crippen molar-refractivity contribution in [3.63, 3.8) is 0 Å². The summed E-state index contributed by atoms with van der Waals surface area (Å²) in [5.41, 5.74) is 2.07. The van der Waals surface area contributed by atoms with Crippen LogP contribution in [0.3, 0.4) is 0 Å². The second-order valence-corrected chi connectivity index (χ2v) is 9.44. The molecule has 3 aromatic rings. The SMILES string of the molecule is COc1ccc2nccc([C@@H](O)CC[C@@H]3CCN(CC#Cc4ccc(F)cc4Cl)C[C@@H]3C(=O)O)c2c1. The molecule has 1 saturated heterocycles. The van der Waals surface area contributed by atoms with Crippen LogP contribution in [0, 0.1) is 29.5 Å². The van der Waals surface area contributed by atoms with E-state index in [1.54, 1.807) is 19.4 Å². The Morgan fingerprint density at radius 2 is 2.14 bits per heavy atom. The fourth-order valence-corrected chi connectivity index (χ4v) is 4.98. The summed E-state index contributed by atoms with van der Waals surface area (Å²) in [7, 11) is 1.59. The zero-order chi connectivity index (χ0) is 25.7. The van der Waals surface area contributed by atoms with E-state index in [4.69, 9.17) is 16.3 Å². The van der Waals surface area contributed by atoms with Gasteiger partial charge in [0.05, 0.1) is 36.2 Å². The van der Waals surface area contributed by atoms with Gasteiger partial charge in [0, 0.05) is 23.7 Å². The highest BCUT2D eigenvalue weighted by atomic mass is 35.5. The molecule has 6 nitrogen and oxygen atoms in total. The maximum absolute atomic E-state index is 13.2. The Balaban J connectivity index is 1.38. The number of carboxylic acid groups (broad SMARTS) is 1. The minimum Gasteiger partial charge on any atom is -0.497 e. The summed E-state index contributed by atoms with van der Waals surface area (Å²) in [5.74, 6) is 4.80. The number of benzene rings is 2. The number of pyridine rings is 1. The van der Waals surface area contributed by atoms with Gasteiger partial charge < -0.3 is 14.9 Å². The predicted molar refractivity (Wildman–Crippen MR) is 136 cm³/mol. The van der Waals surface area contributed by atoms with Crippen LogP contribution in [0.25, 0.3) is 10.9 Å². The average Bonchev–Trinajstić information content (AvgIpc) is 2.88. The maximum atomic E-state index is 13.2. The van der Waals surface area contributed by atoms with Crippen molar-refractivity contribution in [2.24, 2.45) is 11.8 Å². The first-order valence-corrected chi connectivity index (χ1v) is 12.2. The van der Waals surface area contributed by atoms with E-state index in [2.05, 4.69) is 16.8 Å². The third-order valence-electron chi connectivity index (χ3n) is 6.77. The summed E-state index contributed by atoms with van der Waals surface area (Å²) in [4.78, 5) is 18.4. The van der Waals surface area contributed by atoms with E-state index < -0.39 is 23.8 Å². The van der Waals surface area contributed by atoms with Crippen molar-refractivity contribution in [2.45, 2.75) is 25.4 Å². The fraction of sp³-hybridized carbons (Fsp3) is 0.357. The number of methoxy groups -OCH3 is 1. The second-order valence-electron chi connectivity index (χ2n) is 9.03. The Kier molecular flexibility index (Phi) is 8.42. The number of carboxylic acids is 1. The molecule has 36 heavy (non-hydrogen) atoms. The summed E-state index contributed by atoms with van der Waals surface area (Å²) in [6.07, 6.45) is 2.69. The van der Waals surface area contributed by atoms with Crippen molar-refractivity contribution in [3.8, 4) is 17.6 Å². The van der Waals surface area contributed by atoms with Crippen molar-refractivity contribution in [1.82, 2.24) is 9.88 Å². The van der Waals surface area contributed by atoms with E-state index in [1.165, 1.54) is 18.2 Å². The molecule has 0 amide bonds. The number of hydrogen-bond acceptors (Lipinski definition) is 5. The Labute approximate surface area is 214 Å². The van der Waals surface area contributed by atoms with Gasteiger partial charge in [-0.15, -0.1) is 0 Å². The highest BCUT2D eigenvalue weighted by Crippen LogP contribution is 2.33. The van der Waals surface area contributed by atoms with Crippen molar-refractivity contribution in [3.05, 3.63) is 70.6 Å². The second kappa shape index (κ2) is 11.7. The van der Waals surface area contributed by atoms with Gasteiger partial charge in [-0.3, -0.25) is 14.7 Å². The topological polar surface area (TPSA) is 82.9 Å². The molecule has 0 unspecified atom stereocenters. The molecule has 1 aliphatic rings. The number of likely N-dealkylation sites (tertiary alicyclic amines) is 1.